The molecular weight excluding hydrogens is 252 g/mol. The normalized spacial score (nSPS) is 22.4. The van der Waals surface area contributed by atoms with Gasteiger partial charge in [0.2, 0.25) is 11.8 Å². The summed E-state index contributed by atoms with van der Waals surface area (Å²) in [5.74, 6) is -0.0360. The molecule has 1 unspecified atom stereocenters. The van der Waals surface area contributed by atoms with E-state index in [9.17, 15) is 9.59 Å². The Kier molecular flexibility index (Phi) is 3.47. The maximum atomic E-state index is 12.1. The van der Waals surface area contributed by atoms with Gasteiger partial charge in [-0.1, -0.05) is 18.2 Å². The van der Waals surface area contributed by atoms with Gasteiger partial charge >= 0.3 is 0 Å². The average Bonchev–Trinajstić information content (AvgIpc) is 2.85. The Morgan fingerprint density at radius 1 is 1.25 bits per heavy atom. The third-order valence-electron chi connectivity index (χ3n) is 4.29. The number of aryl methyl sites for hydroxylation is 2. The quantitative estimate of drug-likeness (QED) is 0.885. The number of nitrogens with one attached hydrogen (secondary N) is 1. The topological polar surface area (TPSA) is 49.4 Å². The summed E-state index contributed by atoms with van der Waals surface area (Å²) >= 11 is 0. The molecule has 4 nitrogen and oxygen atoms in total. The van der Waals surface area contributed by atoms with Crippen molar-refractivity contribution in [3.05, 3.63) is 34.9 Å². The van der Waals surface area contributed by atoms with Crippen molar-refractivity contribution in [2.45, 2.75) is 45.2 Å². The Morgan fingerprint density at radius 2 is 2.05 bits per heavy atom. The molecule has 2 amide bonds. The molecule has 2 aliphatic rings. The van der Waals surface area contributed by atoms with Crippen LogP contribution in [0.25, 0.3) is 0 Å². The maximum Gasteiger partial charge on any atom is 0.242 e. The van der Waals surface area contributed by atoms with Crippen molar-refractivity contribution in [2.24, 2.45) is 0 Å². The summed E-state index contributed by atoms with van der Waals surface area (Å²) in [5, 5.41) is 2.65. The van der Waals surface area contributed by atoms with Crippen molar-refractivity contribution in [1.29, 1.82) is 0 Å². The molecule has 1 atom stereocenters. The Bertz CT molecular complexity index is 553. The van der Waals surface area contributed by atoms with E-state index >= 15 is 0 Å². The SMILES string of the molecule is CC1CC(=O)NCC(=O)N1Cc1ccc2c(c1)CCC2. The highest BCUT2D eigenvalue weighted by Gasteiger charge is 2.26. The average molecular weight is 272 g/mol. The number of nitrogens with zero attached hydrogens (tertiary/aromatic N) is 1. The number of carbonyl (C=O) groups excluding carboxylic acids is 2. The van der Waals surface area contributed by atoms with Crippen LogP contribution in [-0.4, -0.2) is 29.3 Å². The lowest BCUT2D eigenvalue weighted by atomic mass is 10.1. The smallest absolute Gasteiger partial charge is 0.242 e. The van der Waals surface area contributed by atoms with Crippen molar-refractivity contribution in [3.8, 4) is 0 Å². The lowest BCUT2D eigenvalue weighted by Crippen LogP contribution is -2.39. The predicted octanol–water partition coefficient (Wildman–Crippen LogP) is 1.41. The van der Waals surface area contributed by atoms with E-state index in [0.717, 1.165) is 6.42 Å². The monoisotopic (exact) mass is 272 g/mol. The van der Waals surface area contributed by atoms with E-state index in [4.69, 9.17) is 0 Å². The second-order valence-corrected chi connectivity index (χ2v) is 5.81. The summed E-state index contributed by atoms with van der Waals surface area (Å²) in [6.07, 6.45) is 3.94. The van der Waals surface area contributed by atoms with Crippen LogP contribution in [0, 0.1) is 0 Å². The predicted molar refractivity (Wildman–Crippen MR) is 76.1 cm³/mol. The van der Waals surface area contributed by atoms with E-state index in [1.807, 2.05) is 11.8 Å². The molecule has 20 heavy (non-hydrogen) atoms. The number of carbonyl (C=O) groups is 2. The standard InChI is InChI=1S/C16H20N2O2/c1-11-7-15(19)17-9-16(20)18(11)10-12-5-6-13-3-2-4-14(13)8-12/h5-6,8,11H,2-4,7,9-10H2,1H3,(H,17,19). The second-order valence-electron chi connectivity index (χ2n) is 5.81. The molecule has 1 aromatic carbocycles. The molecule has 106 valence electrons. The van der Waals surface area contributed by atoms with E-state index < -0.39 is 0 Å². The highest BCUT2D eigenvalue weighted by Crippen LogP contribution is 2.24. The third-order valence-corrected chi connectivity index (χ3v) is 4.29. The molecule has 0 saturated carbocycles. The molecule has 1 heterocycles. The lowest BCUT2D eigenvalue weighted by molar-refractivity contribution is -0.132. The Morgan fingerprint density at radius 3 is 2.90 bits per heavy atom. The van der Waals surface area contributed by atoms with Crippen LogP contribution in [-0.2, 0) is 29.0 Å². The first-order chi connectivity index (χ1) is 9.63. The number of fused-ring (bicyclic) bond motifs is 1. The van der Waals surface area contributed by atoms with E-state index in [1.165, 1.54) is 29.5 Å². The van der Waals surface area contributed by atoms with Crippen LogP contribution in [0.3, 0.4) is 0 Å². The van der Waals surface area contributed by atoms with Crippen LogP contribution in [0.1, 0.15) is 36.5 Å². The molecule has 3 rings (SSSR count). The van der Waals surface area contributed by atoms with Crippen LogP contribution < -0.4 is 5.32 Å². The number of rotatable bonds is 2. The fourth-order valence-corrected chi connectivity index (χ4v) is 3.14. The molecule has 0 radical (unpaired) electrons. The molecule has 1 aliphatic carbocycles. The van der Waals surface area contributed by atoms with Crippen molar-refractivity contribution in [1.82, 2.24) is 10.2 Å². The highest BCUT2D eigenvalue weighted by atomic mass is 16.2. The van der Waals surface area contributed by atoms with Crippen molar-refractivity contribution < 1.29 is 9.59 Å². The van der Waals surface area contributed by atoms with Crippen LogP contribution >= 0.6 is 0 Å². The third kappa shape index (κ3) is 2.55. The summed E-state index contributed by atoms with van der Waals surface area (Å²) in [6.45, 7) is 2.66. The molecule has 1 saturated heterocycles. The fourth-order valence-electron chi connectivity index (χ4n) is 3.14. The van der Waals surface area contributed by atoms with Gasteiger partial charge in [-0.05, 0) is 42.9 Å². The molecule has 1 aliphatic heterocycles. The number of hydrogen-bond donors (Lipinski definition) is 1. The van der Waals surface area contributed by atoms with Crippen molar-refractivity contribution >= 4 is 11.8 Å². The zero-order valence-electron chi connectivity index (χ0n) is 11.8. The number of benzene rings is 1. The first-order valence-corrected chi connectivity index (χ1v) is 7.30. The first-order valence-electron chi connectivity index (χ1n) is 7.30. The minimum atomic E-state index is -0.0433. The molecule has 0 spiro atoms. The minimum absolute atomic E-state index is 0.00356. The second kappa shape index (κ2) is 5.27. The van der Waals surface area contributed by atoms with E-state index in [0.29, 0.717) is 13.0 Å². The van der Waals surface area contributed by atoms with Crippen LogP contribution in [0.2, 0.25) is 0 Å². The fraction of sp³-hybridized carbons (Fsp3) is 0.500. The molecule has 0 aromatic heterocycles. The number of amides is 2. The largest absolute Gasteiger partial charge is 0.347 e. The van der Waals surface area contributed by atoms with Gasteiger partial charge in [-0.3, -0.25) is 9.59 Å². The zero-order chi connectivity index (χ0) is 14.1. The van der Waals surface area contributed by atoms with Crippen LogP contribution in [0.5, 0.6) is 0 Å². The van der Waals surface area contributed by atoms with Crippen molar-refractivity contribution in [2.75, 3.05) is 6.54 Å². The highest BCUT2D eigenvalue weighted by molar-refractivity contribution is 5.87. The van der Waals surface area contributed by atoms with Crippen LogP contribution in [0.4, 0.5) is 0 Å². The molecule has 0 bridgehead atoms. The Balaban J connectivity index is 1.78. The van der Waals surface area contributed by atoms with Gasteiger partial charge in [0, 0.05) is 19.0 Å². The molecule has 4 heteroatoms. The van der Waals surface area contributed by atoms with Gasteiger partial charge in [0.15, 0.2) is 0 Å². The van der Waals surface area contributed by atoms with Gasteiger partial charge in [0.05, 0.1) is 6.54 Å². The summed E-state index contributed by atoms with van der Waals surface area (Å²) in [4.78, 5) is 25.4. The van der Waals surface area contributed by atoms with Crippen LogP contribution in [0.15, 0.2) is 18.2 Å². The summed E-state index contributed by atoms with van der Waals surface area (Å²) < 4.78 is 0. The molecule has 1 aromatic rings. The van der Waals surface area contributed by atoms with E-state index in [1.54, 1.807) is 0 Å². The lowest BCUT2D eigenvalue weighted by Gasteiger charge is -2.26. The minimum Gasteiger partial charge on any atom is -0.347 e. The van der Waals surface area contributed by atoms with Gasteiger partial charge in [-0.2, -0.15) is 0 Å². The molecular formula is C16H20N2O2. The van der Waals surface area contributed by atoms with Gasteiger partial charge in [-0.25, -0.2) is 0 Å². The van der Waals surface area contributed by atoms with E-state index in [-0.39, 0.29) is 24.4 Å². The van der Waals surface area contributed by atoms with Gasteiger partial charge < -0.3 is 10.2 Å². The van der Waals surface area contributed by atoms with Gasteiger partial charge in [-0.15, -0.1) is 0 Å². The van der Waals surface area contributed by atoms with Crippen molar-refractivity contribution in [3.63, 3.8) is 0 Å². The molecule has 1 fully saturated rings. The number of hydrogen-bond acceptors (Lipinski definition) is 2. The maximum absolute atomic E-state index is 12.1. The summed E-state index contributed by atoms with van der Waals surface area (Å²) in [5.41, 5.74) is 4.03. The first kappa shape index (κ1) is 13.2. The van der Waals surface area contributed by atoms with E-state index in [2.05, 4.69) is 23.5 Å². The molecule has 1 N–H and O–H groups in total. The van der Waals surface area contributed by atoms with Gasteiger partial charge in [0.1, 0.15) is 0 Å². The Labute approximate surface area is 119 Å². The van der Waals surface area contributed by atoms with Gasteiger partial charge in [0.25, 0.3) is 0 Å². The zero-order valence-corrected chi connectivity index (χ0v) is 11.8. The summed E-state index contributed by atoms with van der Waals surface area (Å²) in [6, 6.07) is 6.49. The Hall–Kier alpha value is -1.84. The summed E-state index contributed by atoms with van der Waals surface area (Å²) in [7, 11) is 0.